The number of nitrogens with zero attached hydrogens (tertiary/aromatic N) is 2. The van der Waals surface area contributed by atoms with Gasteiger partial charge in [-0.3, -0.25) is 9.69 Å². The molecule has 0 bridgehead atoms. The topological polar surface area (TPSA) is 103 Å². The molecule has 0 spiro atoms. The lowest BCUT2D eigenvalue weighted by molar-refractivity contribution is -0.134. The quantitative estimate of drug-likeness (QED) is 0.271. The Kier molecular flexibility index (Phi) is 11.2. The van der Waals surface area contributed by atoms with Gasteiger partial charge in [-0.05, 0) is 74.1 Å². The second-order valence-corrected chi connectivity index (χ2v) is 11.8. The SMILES string of the molecule is COc1ccc(NC(=O)Nc2ccc3c(c2)CC(=O)N([C@@H](C)CO)C[C@@H](C)[C@H](CN(C)Cc2ccc(Cl)c(Cl)c2)O3)cc1. The molecule has 1 aliphatic rings. The van der Waals surface area contributed by atoms with Crippen LogP contribution in [0, 0.1) is 5.92 Å². The van der Waals surface area contributed by atoms with Gasteiger partial charge in [-0.2, -0.15) is 0 Å². The number of nitrogens with one attached hydrogen (secondary N) is 2. The summed E-state index contributed by atoms with van der Waals surface area (Å²) >= 11 is 12.3. The number of anilines is 2. The molecule has 9 nitrogen and oxygen atoms in total. The Morgan fingerprint density at radius 2 is 1.79 bits per heavy atom. The maximum absolute atomic E-state index is 13.5. The molecule has 1 aliphatic heterocycles. The standard InChI is InChI=1S/C32H38Cl2N4O5/c1-20-16-38(21(2)19-39)31(40)15-23-14-25(36-32(41)35-24-6-9-26(42-4)10-7-24)8-12-29(23)43-30(20)18-37(3)17-22-5-11-27(33)28(34)13-22/h5-14,20-21,30,39H,15-19H2,1-4H3,(H2,35,36,41)/t20-,21+,30+/m1/s1. The van der Waals surface area contributed by atoms with Crippen LogP contribution >= 0.6 is 23.2 Å². The van der Waals surface area contributed by atoms with Gasteiger partial charge in [0.25, 0.3) is 0 Å². The molecule has 43 heavy (non-hydrogen) atoms. The molecule has 230 valence electrons. The number of likely N-dealkylation sites (N-methyl/N-ethyl adjacent to an activating group) is 1. The number of amides is 3. The van der Waals surface area contributed by atoms with E-state index in [9.17, 15) is 14.7 Å². The third-order valence-corrected chi connectivity index (χ3v) is 8.19. The number of rotatable bonds is 9. The fraction of sp³-hybridized carbons (Fsp3) is 0.375. The summed E-state index contributed by atoms with van der Waals surface area (Å²) in [6, 6.07) is 17.1. The van der Waals surface area contributed by atoms with Crippen molar-refractivity contribution in [3.63, 3.8) is 0 Å². The van der Waals surface area contributed by atoms with Gasteiger partial charge in [0.2, 0.25) is 5.91 Å². The van der Waals surface area contributed by atoms with Crippen LogP contribution in [-0.2, 0) is 17.8 Å². The smallest absolute Gasteiger partial charge is 0.323 e. The van der Waals surface area contributed by atoms with Crippen molar-refractivity contribution >= 4 is 46.5 Å². The van der Waals surface area contributed by atoms with Crippen molar-refractivity contribution in [2.75, 3.05) is 44.5 Å². The second-order valence-electron chi connectivity index (χ2n) is 11.0. The van der Waals surface area contributed by atoms with Crippen LogP contribution in [0.3, 0.4) is 0 Å². The molecule has 11 heteroatoms. The second kappa shape index (κ2) is 14.8. The highest BCUT2D eigenvalue weighted by atomic mass is 35.5. The Labute approximate surface area is 262 Å². The van der Waals surface area contributed by atoms with Gasteiger partial charge in [0.05, 0.1) is 36.2 Å². The van der Waals surface area contributed by atoms with Crippen molar-refractivity contribution in [3.05, 3.63) is 81.8 Å². The molecule has 3 aromatic rings. The van der Waals surface area contributed by atoms with E-state index in [2.05, 4.69) is 15.5 Å². The van der Waals surface area contributed by atoms with Gasteiger partial charge in [0.15, 0.2) is 0 Å². The summed E-state index contributed by atoms with van der Waals surface area (Å²) in [6.07, 6.45) is -0.212. The number of hydrogen-bond donors (Lipinski definition) is 3. The van der Waals surface area contributed by atoms with Gasteiger partial charge in [0, 0.05) is 42.5 Å². The lowest BCUT2D eigenvalue weighted by Gasteiger charge is -2.34. The Balaban J connectivity index is 1.55. The Morgan fingerprint density at radius 3 is 2.47 bits per heavy atom. The molecule has 0 fully saturated rings. The minimum absolute atomic E-state index is 0.0479. The van der Waals surface area contributed by atoms with E-state index in [1.165, 1.54) is 0 Å². The van der Waals surface area contributed by atoms with Gasteiger partial charge in [-0.1, -0.05) is 36.2 Å². The molecule has 0 radical (unpaired) electrons. The van der Waals surface area contributed by atoms with Crippen molar-refractivity contribution in [3.8, 4) is 11.5 Å². The number of hydrogen-bond acceptors (Lipinski definition) is 6. The number of halogens is 2. The van der Waals surface area contributed by atoms with Gasteiger partial charge < -0.3 is 30.1 Å². The highest BCUT2D eigenvalue weighted by Gasteiger charge is 2.31. The summed E-state index contributed by atoms with van der Waals surface area (Å²) in [5.74, 6) is 1.09. The first-order valence-corrected chi connectivity index (χ1v) is 14.9. The summed E-state index contributed by atoms with van der Waals surface area (Å²) in [4.78, 5) is 30.1. The van der Waals surface area contributed by atoms with Crippen molar-refractivity contribution in [2.24, 2.45) is 5.92 Å². The van der Waals surface area contributed by atoms with Crippen molar-refractivity contribution in [1.82, 2.24) is 9.80 Å². The molecule has 0 aromatic heterocycles. The molecular formula is C32H38Cl2N4O5. The number of methoxy groups -OCH3 is 1. The van der Waals surface area contributed by atoms with Crippen LogP contribution in [-0.4, -0.2) is 72.8 Å². The first kappa shape index (κ1) is 32.4. The largest absolute Gasteiger partial charge is 0.497 e. The third kappa shape index (κ3) is 8.76. The maximum atomic E-state index is 13.5. The zero-order chi connectivity index (χ0) is 31.1. The molecule has 0 unspecified atom stereocenters. The van der Waals surface area contributed by atoms with E-state index in [1.54, 1.807) is 60.5 Å². The van der Waals surface area contributed by atoms with Crippen molar-refractivity contribution < 1.29 is 24.2 Å². The minimum Gasteiger partial charge on any atom is -0.497 e. The van der Waals surface area contributed by atoms with E-state index in [-0.39, 0.29) is 37.0 Å². The number of benzene rings is 3. The molecular weight excluding hydrogens is 591 g/mol. The van der Waals surface area contributed by atoms with Crippen LogP contribution in [0.4, 0.5) is 16.2 Å². The fourth-order valence-corrected chi connectivity index (χ4v) is 5.34. The predicted molar refractivity (Wildman–Crippen MR) is 170 cm³/mol. The van der Waals surface area contributed by atoms with Gasteiger partial charge in [-0.15, -0.1) is 0 Å². The number of aliphatic hydroxyl groups excluding tert-OH is 1. The molecule has 3 N–H and O–H groups in total. The monoisotopic (exact) mass is 628 g/mol. The first-order chi connectivity index (χ1) is 20.6. The van der Waals surface area contributed by atoms with E-state index in [0.29, 0.717) is 58.1 Å². The Bertz CT molecular complexity index is 1420. The average molecular weight is 630 g/mol. The van der Waals surface area contributed by atoms with Gasteiger partial charge in [0.1, 0.15) is 17.6 Å². The minimum atomic E-state index is -0.425. The fourth-order valence-electron chi connectivity index (χ4n) is 5.01. The summed E-state index contributed by atoms with van der Waals surface area (Å²) in [5, 5.41) is 16.6. The Hall–Kier alpha value is -3.50. The lowest BCUT2D eigenvalue weighted by Crippen LogP contribution is -2.47. The molecule has 0 saturated heterocycles. The average Bonchev–Trinajstić information content (AvgIpc) is 3.02. The molecule has 4 rings (SSSR count). The summed E-state index contributed by atoms with van der Waals surface area (Å²) < 4.78 is 11.8. The molecule has 3 aromatic carbocycles. The molecule has 0 aliphatic carbocycles. The van der Waals surface area contributed by atoms with Crippen molar-refractivity contribution in [1.29, 1.82) is 0 Å². The molecule has 3 atom stereocenters. The van der Waals surface area contributed by atoms with Crippen LogP contribution in [0.25, 0.3) is 0 Å². The number of fused-ring (bicyclic) bond motifs is 1. The van der Waals surface area contributed by atoms with E-state index < -0.39 is 6.03 Å². The van der Waals surface area contributed by atoms with Crippen LogP contribution < -0.4 is 20.1 Å². The lowest BCUT2D eigenvalue weighted by atomic mass is 10.0. The highest BCUT2D eigenvalue weighted by Crippen LogP contribution is 2.30. The number of carbonyl (C=O) groups excluding carboxylic acids is 2. The normalized spacial score (nSPS) is 17.7. The van der Waals surface area contributed by atoms with Crippen LogP contribution in [0.1, 0.15) is 25.0 Å². The van der Waals surface area contributed by atoms with E-state index >= 15 is 0 Å². The first-order valence-electron chi connectivity index (χ1n) is 14.1. The van der Waals surface area contributed by atoms with Crippen LogP contribution in [0.5, 0.6) is 11.5 Å². The third-order valence-electron chi connectivity index (χ3n) is 7.45. The Morgan fingerprint density at radius 1 is 1.09 bits per heavy atom. The van der Waals surface area contributed by atoms with Crippen molar-refractivity contribution in [2.45, 2.75) is 39.0 Å². The molecule has 3 amide bonds. The summed E-state index contributed by atoms with van der Waals surface area (Å²) in [5.41, 5.74) is 2.79. The van der Waals surface area contributed by atoms with Gasteiger partial charge >= 0.3 is 6.03 Å². The van der Waals surface area contributed by atoms with Crippen LogP contribution in [0.2, 0.25) is 10.0 Å². The highest BCUT2D eigenvalue weighted by molar-refractivity contribution is 6.42. The number of aliphatic hydroxyl groups is 1. The maximum Gasteiger partial charge on any atom is 0.323 e. The number of ether oxygens (including phenoxy) is 2. The predicted octanol–water partition coefficient (Wildman–Crippen LogP) is 5.93. The summed E-state index contributed by atoms with van der Waals surface area (Å²) in [6.45, 7) is 5.35. The van der Waals surface area contributed by atoms with E-state index in [4.69, 9.17) is 32.7 Å². The van der Waals surface area contributed by atoms with E-state index in [1.807, 2.05) is 33.0 Å². The van der Waals surface area contributed by atoms with Crippen LogP contribution in [0.15, 0.2) is 60.7 Å². The van der Waals surface area contributed by atoms with Gasteiger partial charge in [-0.25, -0.2) is 4.79 Å². The molecule has 0 saturated carbocycles. The number of carbonyl (C=O) groups is 2. The zero-order valence-electron chi connectivity index (χ0n) is 24.8. The van der Waals surface area contributed by atoms with E-state index in [0.717, 1.165) is 5.56 Å². The zero-order valence-corrected chi connectivity index (χ0v) is 26.3. The number of urea groups is 1. The summed E-state index contributed by atoms with van der Waals surface area (Å²) in [7, 11) is 3.58. The molecule has 1 heterocycles.